The standard InChI is InChI=1S/C19H29N5S/c1-15-9-12-23(13-10-15)18-21-22-19(25-18)24-11-5-8-17(24)14-20-16-6-3-2-4-7-16/h5,8,11,15-16,20H,2-4,6-7,9-10,12-14H2,1H3. The van der Waals surface area contributed by atoms with E-state index in [0.29, 0.717) is 6.04 Å². The zero-order valence-corrected chi connectivity index (χ0v) is 16.0. The van der Waals surface area contributed by atoms with Gasteiger partial charge >= 0.3 is 0 Å². The van der Waals surface area contributed by atoms with Crippen LogP contribution in [-0.4, -0.2) is 33.9 Å². The van der Waals surface area contributed by atoms with Gasteiger partial charge in [-0.25, -0.2) is 0 Å². The molecule has 1 aliphatic carbocycles. The number of nitrogens with one attached hydrogen (secondary N) is 1. The predicted molar refractivity (Wildman–Crippen MR) is 104 cm³/mol. The normalized spacial score (nSPS) is 20.3. The first-order valence-electron chi connectivity index (χ1n) is 9.78. The van der Waals surface area contributed by atoms with Gasteiger partial charge in [-0.3, -0.25) is 4.57 Å². The van der Waals surface area contributed by atoms with Crippen molar-refractivity contribution >= 4 is 16.5 Å². The highest BCUT2D eigenvalue weighted by molar-refractivity contribution is 7.17. The van der Waals surface area contributed by atoms with Crippen LogP contribution in [0.5, 0.6) is 0 Å². The molecule has 1 saturated carbocycles. The maximum Gasteiger partial charge on any atom is 0.218 e. The van der Waals surface area contributed by atoms with E-state index in [0.717, 1.165) is 35.8 Å². The second-order valence-corrected chi connectivity index (χ2v) is 8.56. The molecule has 0 spiro atoms. The summed E-state index contributed by atoms with van der Waals surface area (Å²) >= 11 is 1.71. The van der Waals surface area contributed by atoms with Gasteiger partial charge < -0.3 is 10.2 Å². The predicted octanol–water partition coefficient (Wildman–Crippen LogP) is 3.99. The van der Waals surface area contributed by atoms with Gasteiger partial charge in [0.25, 0.3) is 0 Å². The van der Waals surface area contributed by atoms with E-state index in [4.69, 9.17) is 0 Å². The van der Waals surface area contributed by atoms with Crippen molar-refractivity contribution in [3.05, 3.63) is 24.0 Å². The van der Waals surface area contributed by atoms with Gasteiger partial charge in [0.05, 0.1) is 0 Å². The molecule has 1 aliphatic heterocycles. The molecule has 25 heavy (non-hydrogen) atoms. The average Bonchev–Trinajstić information content (AvgIpc) is 3.30. The fraction of sp³-hybridized carbons (Fsp3) is 0.684. The highest BCUT2D eigenvalue weighted by Gasteiger charge is 2.20. The molecular formula is C19H29N5S. The third-order valence-corrected chi connectivity index (χ3v) is 6.66. The monoisotopic (exact) mass is 359 g/mol. The summed E-state index contributed by atoms with van der Waals surface area (Å²) in [5, 5.41) is 14.7. The summed E-state index contributed by atoms with van der Waals surface area (Å²) in [5.74, 6) is 0.838. The molecule has 0 aromatic carbocycles. The number of piperidine rings is 1. The second-order valence-electron chi connectivity index (χ2n) is 7.62. The molecular weight excluding hydrogens is 330 g/mol. The molecule has 1 saturated heterocycles. The van der Waals surface area contributed by atoms with Crippen LogP contribution in [0.25, 0.3) is 5.13 Å². The molecule has 1 N–H and O–H groups in total. The molecule has 2 aromatic rings. The fourth-order valence-corrected chi connectivity index (χ4v) is 4.85. The minimum Gasteiger partial charge on any atom is -0.347 e. The maximum atomic E-state index is 4.47. The third-order valence-electron chi connectivity index (χ3n) is 5.67. The van der Waals surface area contributed by atoms with Crippen molar-refractivity contribution in [2.45, 2.75) is 64.5 Å². The molecule has 2 fully saturated rings. The van der Waals surface area contributed by atoms with Crippen LogP contribution in [0.15, 0.2) is 18.3 Å². The Morgan fingerprint density at radius 3 is 2.64 bits per heavy atom. The summed E-state index contributed by atoms with van der Waals surface area (Å²) in [5.41, 5.74) is 1.28. The Kier molecular flexibility index (Phi) is 5.36. The van der Waals surface area contributed by atoms with E-state index in [1.54, 1.807) is 11.3 Å². The maximum absolute atomic E-state index is 4.47. The van der Waals surface area contributed by atoms with Gasteiger partial charge in [-0.2, -0.15) is 0 Å². The van der Waals surface area contributed by atoms with Gasteiger partial charge in [0.15, 0.2) is 0 Å². The molecule has 0 radical (unpaired) electrons. The Morgan fingerprint density at radius 1 is 1.08 bits per heavy atom. The van der Waals surface area contributed by atoms with Crippen LogP contribution >= 0.6 is 11.3 Å². The van der Waals surface area contributed by atoms with Crippen molar-refractivity contribution in [3.63, 3.8) is 0 Å². The summed E-state index contributed by atoms with van der Waals surface area (Å²) in [6.45, 7) is 5.47. The van der Waals surface area contributed by atoms with Crippen molar-refractivity contribution in [3.8, 4) is 5.13 Å². The molecule has 0 unspecified atom stereocenters. The van der Waals surface area contributed by atoms with Crippen molar-refractivity contribution in [2.75, 3.05) is 18.0 Å². The number of hydrogen-bond donors (Lipinski definition) is 1. The van der Waals surface area contributed by atoms with Crippen molar-refractivity contribution in [1.82, 2.24) is 20.1 Å². The van der Waals surface area contributed by atoms with E-state index >= 15 is 0 Å². The largest absolute Gasteiger partial charge is 0.347 e. The first-order valence-corrected chi connectivity index (χ1v) is 10.6. The Bertz CT molecular complexity index is 665. The molecule has 0 amide bonds. The van der Waals surface area contributed by atoms with Crippen molar-refractivity contribution < 1.29 is 0 Å². The number of rotatable bonds is 5. The van der Waals surface area contributed by atoms with Crippen LogP contribution in [0.4, 0.5) is 5.13 Å². The summed E-state index contributed by atoms with van der Waals surface area (Å²) in [7, 11) is 0. The Balaban J connectivity index is 1.41. The minimum absolute atomic E-state index is 0.678. The first kappa shape index (κ1) is 17.0. The van der Waals surface area contributed by atoms with Crippen molar-refractivity contribution in [1.29, 1.82) is 0 Å². The number of aromatic nitrogens is 3. The lowest BCUT2D eigenvalue weighted by Gasteiger charge is -2.29. The smallest absolute Gasteiger partial charge is 0.218 e. The highest BCUT2D eigenvalue weighted by atomic mass is 32.1. The van der Waals surface area contributed by atoms with Gasteiger partial charge in [-0.05, 0) is 43.7 Å². The van der Waals surface area contributed by atoms with Crippen LogP contribution in [0.1, 0.15) is 57.6 Å². The highest BCUT2D eigenvalue weighted by Crippen LogP contribution is 2.28. The number of anilines is 1. The molecule has 2 aliphatic rings. The van der Waals surface area contributed by atoms with E-state index in [1.165, 1.54) is 50.6 Å². The molecule has 6 heteroatoms. The van der Waals surface area contributed by atoms with E-state index < -0.39 is 0 Å². The van der Waals surface area contributed by atoms with Gasteiger partial charge in [-0.1, -0.05) is 37.5 Å². The summed E-state index contributed by atoms with van der Waals surface area (Å²) in [4.78, 5) is 2.39. The summed E-state index contributed by atoms with van der Waals surface area (Å²) in [6.07, 6.45) is 11.4. The second kappa shape index (κ2) is 7.87. The van der Waals surface area contributed by atoms with Crippen LogP contribution < -0.4 is 10.2 Å². The Hall–Kier alpha value is -1.40. The molecule has 3 heterocycles. The number of hydrogen-bond acceptors (Lipinski definition) is 5. The summed E-state index contributed by atoms with van der Waals surface area (Å²) < 4.78 is 2.20. The van der Waals surface area contributed by atoms with Crippen LogP contribution in [0.2, 0.25) is 0 Å². The van der Waals surface area contributed by atoms with Gasteiger partial charge in [0.1, 0.15) is 0 Å². The Labute approximate surface area is 154 Å². The van der Waals surface area contributed by atoms with Gasteiger partial charge in [-0.15, -0.1) is 10.2 Å². The zero-order valence-electron chi connectivity index (χ0n) is 15.2. The van der Waals surface area contributed by atoms with E-state index in [1.807, 2.05) is 0 Å². The number of nitrogens with zero attached hydrogens (tertiary/aromatic N) is 4. The van der Waals surface area contributed by atoms with Crippen LogP contribution in [0, 0.1) is 5.92 Å². The average molecular weight is 360 g/mol. The lowest BCUT2D eigenvalue weighted by molar-refractivity contribution is 0.370. The Morgan fingerprint density at radius 2 is 1.84 bits per heavy atom. The molecule has 0 bridgehead atoms. The molecule has 4 rings (SSSR count). The fourth-order valence-electron chi connectivity index (χ4n) is 3.94. The van der Waals surface area contributed by atoms with E-state index in [2.05, 4.69) is 50.2 Å². The molecule has 0 atom stereocenters. The van der Waals surface area contributed by atoms with E-state index in [9.17, 15) is 0 Å². The van der Waals surface area contributed by atoms with Crippen molar-refractivity contribution in [2.24, 2.45) is 5.92 Å². The van der Waals surface area contributed by atoms with E-state index in [-0.39, 0.29) is 0 Å². The SMILES string of the molecule is CC1CCN(c2nnc(-n3cccc3CNC3CCCCC3)s2)CC1. The molecule has 2 aromatic heterocycles. The van der Waals surface area contributed by atoms with Gasteiger partial charge in [0, 0.05) is 37.6 Å². The summed E-state index contributed by atoms with van der Waals surface area (Å²) in [6, 6.07) is 4.98. The van der Waals surface area contributed by atoms with Crippen LogP contribution in [-0.2, 0) is 6.54 Å². The lowest BCUT2D eigenvalue weighted by atomic mass is 9.95. The zero-order chi connectivity index (χ0) is 17.1. The minimum atomic E-state index is 0.678. The first-order chi connectivity index (χ1) is 12.3. The van der Waals surface area contributed by atoms with Crippen LogP contribution in [0.3, 0.4) is 0 Å². The van der Waals surface area contributed by atoms with Gasteiger partial charge in [0.2, 0.25) is 10.3 Å². The quantitative estimate of drug-likeness (QED) is 0.877. The molecule has 5 nitrogen and oxygen atoms in total. The lowest BCUT2D eigenvalue weighted by Crippen LogP contribution is -2.32. The third kappa shape index (κ3) is 4.06. The molecule has 136 valence electrons. The topological polar surface area (TPSA) is 46.0 Å².